The first kappa shape index (κ1) is 19.3. The first-order valence-electron chi connectivity index (χ1n) is 7.63. The lowest BCUT2D eigenvalue weighted by Crippen LogP contribution is -1.86. The van der Waals surface area contributed by atoms with E-state index in [1.165, 1.54) is 0 Å². The summed E-state index contributed by atoms with van der Waals surface area (Å²) in [6.45, 7) is 0. The quantitative estimate of drug-likeness (QED) is 0.237. The number of nitrogen functional groups attached to an aromatic ring is 2. The van der Waals surface area contributed by atoms with Gasteiger partial charge in [0.05, 0.1) is 21.4 Å². The monoisotopic (exact) mass is 510 g/mol. The second-order valence-corrected chi connectivity index (χ2v) is 8.26. The number of rotatable bonds is 0. The Balaban J connectivity index is 0.000000151. The van der Waals surface area contributed by atoms with Crippen LogP contribution in [0.2, 0.25) is 10.0 Å². The Morgan fingerprint density at radius 2 is 0.962 bits per heavy atom. The first-order chi connectivity index (χ1) is 12.4. The highest BCUT2D eigenvalue weighted by Crippen LogP contribution is 2.31. The molecular formula is C20H14Br2Cl2N2. The Bertz CT molecular complexity index is 1020. The summed E-state index contributed by atoms with van der Waals surface area (Å²) in [5, 5.41) is 5.42. The molecule has 4 N–H and O–H groups in total. The Kier molecular flexibility index (Phi) is 5.98. The fraction of sp³-hybridized carbons (Fsp3) is 0. The zero-order valence-corrected chi connectivity index (χ0v) is 18.1. The van der Waals surface area contributed by atoms with Gasteiger partial charge in [0.2, 0.25) is 0 Å². The van der Waals surface area contributed by atoms with E-state index in [1.807, 2.05) is 60.7 Å². The van der Waals surface area contributed by atoms with Gasteiger partial charge in [0, 0.05) is 19.7 Å². The van der Waals surface area contributed by atoms with Crippen LogP contribution >= 0.6 is 55.1 Å². The van der Waals surface area contributed by atoms with Crippen LogP contribution in [0.1, 0.15) is 0 Å². The van der Waals surface area contributed by atoms with E-state index in [0.717, 1.165) is 30.5 Å². The van der Waals surface area contributed by atoms with Gasteiger partial charge in [-0.25, -0.2) is 0 Å². The largest absolute Gasteiger partial charge is 0.398 e. The van der Waals surface area contributed by atoms with Gasteiger partial charge in [0.15, 0.2) is 0 Å². The molecule has 0 atom stereocenters. The second kappa shape index (κ2) is 8.05. The van der Waals surface area contributed by atoms with Gasteiger partial charge in [-0.2, -0.15) is 0 Å². The molecule has 0 saturated carbocycles. The van der Waals surface area contributed by atoms with Crippen molar-refractivity contribution in [3.05, 3.63) is 79.7 Å². The van der Waals surface area contributed by atoms with E-state index in [-0.39, 0.29) is 0 Å². The summed E-state index contributed by atoms with van der Waals surface area (Å²) in [4.78, 5) is 0. The highest BCUT2D eigenvalue weighted by atomic mass is 79.9. The van der Waals surface area contributed by atoms with Gasteiger partial charge in [-0.05, 0) is 47.2 Å². The topological polar surface area (TPSA) is 52.0 Å². The third kappa shape index (κ3) is 4.09. The number of benzene rings is 4. The van der Waals surface area contributed by atoms with E-state index in [9.17, 15) is 0 Å². The predicted octanol–water partition coefficient (Wildman–Crippen LogP) is 7.68. The van der Waals surface area contributed by atoms with Crippen molar-refractivity contribution in [1.29, 1.82) is 0 Å². The zero-order chi connectivity index (χ0) is 18.8. The van der Waals surface area contributed by atoms with Crippen molar-refractivity contribution < 1.29 is 0 Å². The molecule has 0 unspecified atom stereocenters. The van der Waals surface area contributed by atoms with E-state index >= 15 is 0 Å². The Labute approximate surface area is 178 Å². The number of hydrogen-bond acceptors (Lipinski definition) is 2. The van der Waals surface area contributed by atoms with Gasteiger partial charge in [0.1, 0.15) is 0 Å². The SMILES string of the molecule is Nc1ccc2cc(Br)ccc2c1Cl.Nc1ccc2cc(Br)ccc2c1Cl. The predicted molar refractivity (Wildman–Crippen MR) is 122 cm³/mol. The second-order valence-electron chi connectivity index (χ2n) is 5.67. The van der Waals surface area contributed by atoms with E-state index in [2.05, 4.69) is 31.9 Å². The van der Waals surface area contributed by atoms with E-state index < -0.39 is 0 Å². The molecule has 26 heavy (non-hydrogen) atoms. The molecular weight excluding hydrogens is 499 g/mol. The van der Waals surface area contributed by atoms with E-state index in [0.29, 0.717) is 21.4 Å². The zero-order valence-electron chi connectivity index (χ0n) is 13.4. The maximum atomic E-state index is 6.04. The summed E-state index contributed by atoms with van der Waals surface area (Å²) in [6, 6.07) is 19.4. The van der Waals surface area contributed by atoms with Crippen LogP contribution in [0.3, 0.4) is 0 Å². The van der Waals surface area contributed by atoms with Gasteiger partial charge in [-0.1, -0.05) is 79.3 Å². The van der Waals surface area contributed by atoms with Crippen molar-refractivity contribution in [2.24, 2.45) is 0 Å². The molecule has 0 aliphatic carbocycles. The molecule has 6 heteroatoms. The molecule has 4 aromatic carbocycles. The minimum absolute atomic E-state index is 0.622. The molecule has 0 spiro atoms. The van der Waals surface area contributed by atoms with Gasteiger partial charge in [0.25, 0.3) is 0 Å². The Morgan fingerprint density at radius 3 is 1.35 bits per heavy atom. The minimum atomic E-state index is 0.622. The molecule has 0 amide bonds. The number of fused-ring (bicyclic) bond motifs is 2. The third-order valence-corrected chi connectivity index (χ3v) is 5.72. The molecule has 0 radical (unpaired) electrons. The van der Waals surface area contributed by atoms with Gasteiger partial charge >= 0.3 is 0 Å². The van der Waals surface area contributed by atoms with Crippen molar-refractivity contribution in [3.8, 4) is 0 Å². The average molecular weight is 513 g/mol. The maximum Gasteiger partial charge on any atom is 0.0713 e. The van der Waals surface area contributed by atoms with Crippen molar-refractivity contribution in [2.45, 2.75) is 0 Å². The fourth-order valence-corrected chi connectivity index (χ4v) is 3.79. The smallest absolute Gasteiger partial charge is 0.0713 e. The van der Waals surface area contributed by atoms with E-state index in [1.54, 1.807) is 0 Å². The van der Waals surface area contributed by atoms with Gasteiger partial charge in [-0.3, -0.25) is 0 Å². The number of nitrogens with two attached hydrogens (primary N) is 2. The van der Waals surface area contributed by atoms with Crippen molar-refractivity contribution in [3.63, 3.8) is 0 Å². The van der Waals surface area contributed by atoms with Crippen LogP contribution < -0.4 is 11.5 Å². The van der Waals surface area contributed by atoms with Crippen molar-refractivity contribution in [1.82, 2.24) is 0 Å². The standard InChI is InChI=1S/2C10H7BrClN/c2*11-7-2-3-8-6(5-7)1-4-9(13)10(8)12/h2*1-5H,13H2. The third-order valence-electron chi connectivity index (χ3n) is 3.89. The number of halogens is 4. The van der Waals surface area contributed by atoms with Crippen molar-refractivity contribution in [2.75, 3.05) is 11.5 Å². The molecule has 0 fully saturated rings. The summed E-state index contributed by atoms with van der Waals surface area (Å²) < 4.78 is 2.08. The van der Waals surface area contributed by atoms with Crippen LogP contribution in [0.15, 0.2) is 69.6 Å². The molecule has 0 bridgehead atoms. The van der Waals surface area contributed by atoms with Gasteiger partial charge < -0.3 is 11.5 Å². The number of anilines is 2. The molecule has 4 rings (SSSR count). The molecule has 0 heterocycles. The molecule has 0 aliphatic rings. The highest BCUT2D eigenvalue weighted by Gasteiger charge is 2.03. The van der Waals surface area contributed by atoms with Crippen LogP contribution in [-0.4, -0.2) is 0 Å². The lowest BCUT2D eigenvalue weighted by atomic mass is 10.1. The van der Waals surface area contributed by atoms with Crippen LogP contribution in [0, 0.1) is 0 Å². The molecule has 132 valence electrons. The summed E-state index contributed by atoms with van der Waals surface area (Å²) in [5.74, 6) is 0. The molecule has 0 aromatic heterocycles. The lowest BCUT2D eigenvalue weighted by molar-refractivity contribution is 1.69. The molecule has 0 aliphatic heterocycles. The summed E-state index contributed by atoms with van der Waals surface area (Å²) in [7, 11) is 0. The molecule has 4 aromatic rings. The maximum absolute atomic E-state index is 6.04. The lowest BCUT2D eigenvalue weighted by Gasteiger charge is -2.03. The van der Waals surface area contributed by atoms with Crippen LogP contribution in [-0.2, 0) is 0 Å². The molecule has 0 saturated heterocycles. The summed E-state index contributed by atoms with van der Waals surface area (Å²) in [5.41, 5.74) is 12.6. The average Bonchev–Trinajstić information content (AvgIpc) is 2.62. The highest BCUT2D eigenvalue weighted by molar-refractivity contribution is 9.10. The van der Waals surface area contributed by atoms with Crippen LogP contribution in [0.4, 0.5) is 11.4 Å². The summed E-state index contributed by atoms with van der Waals surface area (Å²) >= 11 is 18.9. The minimum Gasteiger partial charge on any atom is -0.398 e. The fourth-order valence-electron chi connectivity index (χ4n) is 2.56. The Hall–Kier alpha value is -1.46. The normalized spacial score (nSPS) is 10.6. The first-order valence-corrected chi connectivity index (χ1v) is 9.97. The van der Waals surface area contributed by atoms with Gasteiger partial charge in [-0.15, -0.1) is 0 Å². The van der Waals surface area contributed by atoms with Crippen molar-refractivity contribution >= 4 is 88.0 Å². The van der Waals surface area contributed by atoms with E-state index in [4.69, 9.17) is 34.7 Å². The summed E-state index contributed by atoms with van der Waals surface area (Å²) in [6.07, 6.45) is 0. The molecule has 2 nitrogen and oxygen atoms in total. The number of hydrogen-bond donors (Lipinski definition) is 2. The van der Waals surface area contributed by atoms with Crippen LogP contribution in [0.5, 0.6) is 0 Å². The Morgan fingerprint density at radius 1 is 0.577 bits per heavy atom. The van der Waals surface area contributed by atoms with Crippen LogP contribution in [0.25, 0.3) is 21.5 Å².